The average molecular weight is 252 g/mol. The largest absolute Gasteiger partial charge is 0.345 e. The number of rotatable bonds is 5. The van der Waals surface area contributed by atoms with E-state index in [1.54, 1.807) is 0 Å². The Labute approximate surface area is 111 Å². The zero-order chi connectivity index (χ0) is 13.2. The van der Waals surface area contributed by atoms with Crippen LogP contribution in [-0.2, 0) is 4.79 Å². The monoisotopic (exact) mass is 252 g/mol. The first kappa shape index (κ1) is 13.9. The smallest absolute Gasteiger partial charge is 0.229 e. The fourth-order valence-electron chi connectivity index (χ4n) is 3.44. The Kier molecular flexibility index (Phi) is 4.31. The van der Waals surface area contributed by atoms with Crippen molar-refractivity contribution in [2.75, 3.05) is 26.7 Å². The molecule has 2 rings (SSSR count). The minimum absolute atomic E-state index is 0.111. The van der Waals surface area contributed by atoms with E-state index in [1.807, 2.05) is 11.9 Å². The molecule has 2 aliphatic rings. The van der Waals surface area contributed by atoms with Crippen molar-refractivity contribution in [3.63, 3.8) is 0 Å². The third-order valence-electron chi connectivity index (χ3n) is 4.79. The van der Waals surface area contributed by atoms with Crippen LogP contribution < -0.4 is 5.32 Å². The van der Waals surface area contributed by atoms with E-state index >= 15 is 0 Å². The highest BCUT2D eigenvalue weighted by atomic mass is 16.2. The van der Waals surface area contributed by atoms with Crippen molar-refractivity contribution in [1.82, 2.24) is 10.2 Å². The molecule has 1 aliphatic heterocycles. The summed E-state index contributed by atoms with van der Waals surface area (Å²) >= 11 is 0. The maximum atomic E-state index is 12.8. The van der Waals surface area contributed by atoms with E-state index in [-0.39, 0.29) is 5.41 Å². The summed E-state index contributed by atoms with van der Waals surface area (Å²) in [6.07, 6.45) is 5.64. The van der Waals surface area contributed by atoms with Gasteiger partial charge < -0.3 is 10.2 Å². The Bertz CT molecular complexity index is 291. The molecule has 104 valence electrons. The quantitative estimate of drug-likeness (QED) is 0.814. The van der Waals surface area contributed by atoms with Crippen LogP contribution in [0.3, 0.4) is 0 Å². The highest BCUT2D eigenvalue weighted by Gasteiger charge is 2.42. The Morgan fingerprint density at radius 3 is 2.72 bits per heavy atom. The third-order valence-corrected chi connectivity index (χ3v) is 4.79. The fourth-order valence-corrected chi connectivity index (χ4v) is 3.44. The SMILES string of the molecule is CCCC1(C(=O)N(C)CC2CC2C)CCCNC1. The predicted molar refractivity (Wildman–Crippen MR) is 74.4 cm³/mol. The van der Waals surface area contributed by atoms with E-state index in [9.17, 15) is 4.79 Å². The van der Waals surface area contributed by atoms with Crippen LogP contribution >= 0.6 is 0 Å². The van der Waals surface area contributed by atoms with Crippen LogP contribution in [0.5, 0.6) is 0 Å². The number of piperidine rings is 1. The molecule has 0 aromatic heterocycles. The van der Waals surface area contributed by atoms with Gasteiger partial charge in [-0.25, -0.2) is 0 Å². The molecule has 18 heavy (non-hydrogen) atoms. The van der Waals surface area contributed by atoms with E-state index in [2.05, 4.69) is 19.2 Å². The molecular formula is C15H28N2O. The molecule has 0 radical (unpaired) electrons. The molecule has 3 atom stereocenters. The van der Waals surface area contributed by atoms with E-state index in [0.29, 0.717) is 5.91 Å². The van der Waals surface area contributed by atoms with Crippen LogP contribution in [0.4, 0.5) is 0 Å². The molecule has 3 heteroatoms. The molecule has 3 nitrogen and oxygen atoms in total. The van der Waals surface area contributed by atoms with Crippen LogP contribution in [0.1, 0.15) is 46.0 Å². The first-order valence-corrected chi connectivity index (χ1v) is 7.55. The van der Waals surface area contributed by atoms with Gasteiger partial charge in [-0.3, -0.25) is 4.79 Å². The first-order chi connectivity index (χ1) is 8.59. The number of carbonyl (C=O) groups excluding carboxylic acids is 1. The number of nitrogens with zero attached hydrogens (tertiary/aromatic N) is 1. The maximum Gasteiger partial charge on any atom is 0.229 e. The van der Waals surface area contributed by atoms with Crippen LogP contribution in [0.15, 0.2) is 0 Å². The second kappa shape index (κ2) is 5.60. The van der Waals surface area contributed by atoms with Gasteiger partial charge in [-0.1, -0.05) is 20.3 Å². The van der Waals surface area contributed by atoms with Crippen molar-refractivity contribution in [1.29, 1.82) is 0 Å². The summed E-state index contributed by atoms with van der Waals surface area (Å²) in [5, 5.41) is 3.43. The second-order valence-corrected chi connectivity index (χ2v) is 6.47. The van der Waals surface area contributed by atoms with E-state index in [0.717, 1.165) is 57.2 Å². The average Bonchev–Trinajstić information content (AvgIpc) is 3.05. The van der Waals surface area contributed by atoms with Gasteiger partial charge in [0.1, 0.15) is 0 Å². The fraction of sp³-hybridized carbons (Fsp3) is 0.933. The standard InChI is InChI=1S/C15H28N2O/c1-4-6-15(7-5-8-16-11-15)14(18)17(3)10-13-9-12(13)2/h12-13,16H,4-11H2,1-3H3. The third kappa shape index (κ3) is 2.87. The number of amides is 1. The lowest BCUT2D eigenvalue weighted by molar-refractivity contribution is -0.142. The van der Waals surface area contributed by atoms with Gasteiger partial charge in [0.05, 0.1) is 5.41 Å². The zero-order valence-electron chi connectivity index (χ0n) is 12.2. The van der Waals surface area contributed by atoms with E-state index in [1.165, 1.54) is 6.42 Å². The van der Waals surface area contributed by atoms with Gasteiger partial charge in [-0.2, -0.15) is 0 Å². The summed E-state index contributed by atoms with van der Waals surface area (Å²) in [5.74, 6) is 1.97. The van der Waals surface area contributed by atoms with Crippen molar-refractivity contribution in [3.8, 4) is 0 Å². The van der Waals surface area contributed by atoms with E-state index in [4.69, 9.17) is 0 Å². The topological polar surface area (TPSA) is 32.3 Å². The van der Waals surface area contributed by atoms with Crippen molar-refractivity contribution in [2.45, 2.75) is 46.0 Å². The Morgan fingerprint density at radius 2 is 2.22 bits per heavy atom. The highest BCUT2D eigenvalue weighted by molar-refractivity contribution is 5.83. The van der Waals surface area contributed by atoms with Gasteiger partial charge in [-0.05, 0) is 44.1 Å². The Hall–Kier alpha value is -0.570. The van der Waals surface area contributed by atoms with E-state index < -0.39 is 0 Å². The van der Waals surface area contributed by atoms with Crippen LogP contribution in [-0.4, -0.2) is 37.5 Å². The summed E-state index contributed by atoms with van der Waals surface area (Å²) in [4.78, 5) is 14.8. The molecule has 1 N–H and O–H groups in total. The molecule has 0 aromatic rings. The molecule has 3 unspecified atom stereocenters. The minimum atomic E-state index is -0.111. The molecule has 2 fully saturated rings. The summed E-state index contributed by atoms with van der Waals surface area (Å²) in [7, 11) is 2.00. The Balaban J connectivity index is 1.97. The molecule has 1 saturated carbocycles. The van der Waals surface area contributed by atoms with Crippen LogP contribution in [0, 0.1) is 17.3 Å². The lowest BCUT2D eigenvalue weighted by Crippen LogP contribution is -2.51. The number of hydrogen-bond acceptors (Lipinski definition) is 2. The second-order valence-electron chi connectivity index (χ2n) is 6.47. The van der Waals surface area contributed by atoms with Gasteiger partial charge in [0.15, 0.2) is 0 Å². The minimum Gasteiger partial charge on any atom is -0.345 e. The number of hydrogen-bond donors (Lipinski definition) is 1. The lowest BCUT2D eigenvalue weighted by Gasteiger charge is -2.39. The van der Waals surface area contributed by atoms with Crippen LogP contribution in [0.25, 0.3) is 0 Å². The molecule has 1 aliphatic carbocycles. The lowest BCUT2D eigenvalue weighted by atomic mass is 9.75. The molecule has 0 spiro atoms. The normalized spacial score (nSPS) is 35.3. The summed E-state index contributed by atoms with van der Waals surface area (Å²) in [6, 6.07) is 0. The molecule has 0 bridgehead atoms. The predicted octanol–water partition coefficient (Wildman–Crippen LogP) is 2.27. The number of nitrogens with one attached hydrogen (secondary N) is 1. The molecule has 0 aromatic carbocycles. The molecule has 1 heterocycles. The van der Waals surface area contributed by atoms with Gasteiger partial charge in [0.25, 0.3) is 0 Å². The maximum absolute atomic E-state index is 12.8. The van der Waals surface area contributed by atoms with Gasteiger partial charge in [0.2, 0.25) is 5.91 Å². The van der Waals surface area contributed by atoms with Gasteiger partial charge in [0, 0.05) is 20.1 Å². The summed E-state index contributed by atoms with van der Waals surface area (Å²) in [5.41, 5.74) is -0.111. The summed E-state index contributed by atoms with van der Waals surface area (Å²) < 4.78 is 0. The van der Waals surface area contributed by atoms with Gasteiger partial charge >= 0.3 is 0 Å². The van der Waals surface area contributed by atoms with Crippen molar-refractivity contribution < 1.29 is 4.79 Å². The Morgan fingerprint density at radius 1 is 1.50 bits per heavy atom. The number of carbonyl (C=O) groups is 1. The zero-order valence-corrected chi connectivity index (χ0v) is 12.2. The molecule has 1 saturated heterocycles. The van der Waals surface area contributed by atoms with Gasteiger partial charge in [-0.15, -0.1) is 0 Å². The van der Waals surface area contributed by atoms with Crippen molar-refractivity contribution in [3.05, 3.63) is 0 Å². The molecule has 1 amide bonds. The first-order valence-electron chi connectivity index (χ1n) is 7.55. The highest BCUT2D eigenvalue weighted by Crippen LogP contribution is 2.39. The van der Waals surface area contributed by atoms with Crippen molar-refractivity contribution in [2.24, 2.45) is 17.3 Å². The molecular weight excluding hydrogens is 224 g/mol. The van der Waals surface area contributed by atoms with Crippen molar-refractivity contribution >= 4 is 5.91 Å². The van der Waals surface area contributed by atoms with Crippen LogP contribution in [0.2, 0.25) is 0 Å². The summed E-state index contributed by atoms with van der Waals surface area (Å²) in [6.45, 7) is 7.39.